The van der Waals surface area contributed by atoms with Gasteiger partial charge in [0.1, 0.15) is 18.4 Å². The summed E-state index contributed by atoms with van der Waals surface area (Å²) in [5, 5.41) is 14.9. The number of nitrogens with one attached hydrogen (secondary N) is 1. The van der Waals surface area contributed by atoms with E-state index in [1.165, 1.54) is 27.4 Å². The van der Waals surface area contributed by atoms with Gasteiger partial charge in [-0.15, -0.1) is 0 Å². The molecule has 0 bridgehead atoms. The topological polar surface area (TPSA) is 171 Å². The van der Waals surface area contributed by atoms with E-state index in [1.54, 1.807) is 13.8 Å². The number of nitrogens with zero attached hydrogens (tertiary/aromatic N) is 5. The number of hydrogen-bond acceptors (Lipinski definition) is 8. The number of imidazole rings is 1. The van der Waals surface area contributed by atoms with Crippen LogP contribution in [0, 0.1) is 11.8 Å². The number of benzene rings is 3. The lowest BCUT2D eigenvalue weighted by Crippen LogP contribution is -2.57. The highest BCUT2D eigenvalue weighted by atomic mass is 35.5. The Hall–Kier alpha value is -4.50. The van der Waals surface area contributed by atoms with Gasteiger partial charge in [0.05, 0.1) is 45.3 Å². The van der Waals surface area contributed by atoms with Crippen molar-refractivity contribution in [2.24, 2.45) is 18.9 Å². The molecule has 4 aromatic rings. The quantitative estimate of drug-likeness (QED) is 0.121. The molecule has 3 aromatic carbocycles. The summed E-state index contributed by atoms with van der Waals surface area (Å²) < 4.78 is 30.8. The van der Waals surface area contributed by atoms with Crippen LogP contribution in [0.2, 0.25) is 5.02 Å². The Morgan fingerprint density at radius 2 is 1.69 bits per heavy atom. The van der Waals surface area contributed by atoms with E-state index in [0.717, 1.165) is 21.5 Å². The number of amides is 4. The zero-order valence-corrected chi connectivity index (χ0v) is 31.5. The van der Waals surface area contributed by atoms with E-state index in [-0.39, 0.29) is 54.1 Å². The monoisotopic (exact) mass is 751 g/mol. The van der Waals surface area contributed by atoms with Crippen molar-refractivity contribution in [3.8, 4) is 0 Å². The zero-order valence-electron chi connectivity index (χ0n) is 29.9. The number of carbonyl (C=O) groups is 3. The minimum Gasteiger partial charge on any atom is -0.397 e. The molecule has 0 spiro atoms. The normalized spacial score (nSPS) is 15.7. The summed E-state index contributed by atoms with van der Waals surface area (Å²) in [5.41, 5.74) is 8.41. The fraction of sp³-hybridized carbons (Fsp3) is 0.405. The second-order valence-electron chi connectivity index (χ2n) is 13.9. The number of aromatic nitrogens is 2. The summed E-state index contributed by atoms with van der Waals surface area (Å²) in [7, 11) is -2.33. The number of para-hydroxylation sites is 2. The SMILES string of the molecule is CC(C)CN(C[C@@H](O)[C@H](Cc1ccccc1)NC(=O)[C@H](C(C)C)N1CC(=O)N(Cc2nc3ccccc3n2C)C1=O)S(=O)(=O)c1ccc(Cl)c(N)c1. The minimum atomic E-state index is -4.15. The van der Waals surface area contributed by atoms with Gasteiger partial charge in [-0.25, -0.2) is 18.2 Å². The third-order valence-corrected chi connectivity index (χ3v) is 11.3. The number of imide groups is 1. The number of nitrogens with two attached hydrogens (primary N) is 1. The molecule has 2 heterocycles. The zero-order chi connectivity index (χ0) is 37.9. The maximum atomic E-state index is 14.2. The van der Waals surface area contributed by atoms with Gasteiger partial charge in [-0.1, -0.05) is 81.8 Å². The van der Waals surface area contributed by atoms with E-state index >= 15 is 0 Å². The smallest absolute Gasteiger partial charge is 0.328 e. The average molecular weight is 752 g/mol. The van der Waals surface area contributed by atoms with Gasteiger partial charge in [0.15, 0.2) is 0 Å². The molecule has 0 aliphatic carbocycles. The first-order valence-corrected chi connectivity index (χ1v) is 19.0. The van der Waals surface area contributed by atoms with Crippen molar-refractivity contribution in [2.75, 3.05) is 25.4 Å². The summed E-state index contributed by atoms with van der Waals surface area (Å²) in [6.45, 7) is 6.61. The molecule has 4 N–H and O–H groups in total. The third kappa shape index (κ3) is 8.41. The second-order valence-corrected chi connectivity index (χ2v) is 16.3. The Morgan fingerprint density at radius 3 is 2.33 bits per heavy atom. The first-order valence-electron chi connectivity index (χ1n) is 17.2. The summed E-state index contributed by atoms with van der Waals surface area (Å²) >= 11 is 6.06. The highest BCUT2D eigenvalue weighted by Crippen LogP contribution is 2.27. The van der Waals surface area contributed by atoms with Gasteiger partial charge < -0.3 is 25.6 Å². The van der Waals surface area contributed by atoms with E-state index in [2.05, 4.69) is 10.3 Å². The number of halogens is 1. The number of carbonyl (C=O) groups excluding carboxylic acids is 3. The Morgan fingerprint density at radius 1 is 1.02 bits per heavy atom. The van der Waals surface area contributed by atoms with Crippen molar-refractivity contribution in [1.82, 2.24) is 29.0 Å². The predicted octanol–water partition coefficient (Wildman–Crippen LogP) is 4.03. The van der Waals surface area contributed by atoms with Crippen molar-refractivity contribution >= 4 is 56.2 Å². The van der Waals surface area contributed by atoms with Crippen LogP contribution in [0.25, 0.3) is 11.0 Å². The van der Waals surface area contributed by atoms with Crippen molar-refractivity contribution in [3.63, 3.8) is 0 Å². The molecule has 0 saturated carbocycles. The number of rotatable bonds is 15. The van der Waals surface area contributed by atoms with Crippen LogP contribution in [0.1, 0.15) is 39.1 Å². The number of nitrogen functional groups attached to an aromatic ring is 1. The number of aliphatic hydroxyl groups excluding tert-OH is 1. The van der Waals surface area contributed by atoms with Gasteiger partial charge in [0.25, 0.3) is 5.91 Å². The van der Waals surface area contributed by atoms with E-state index in [9.17, 15) is 27.9 Å². The summed E-state index contributed by atoms with van der Waals surface area (Å²) in [6, 6.07) is 18.0. The number of anilines is 1. The minimum absolute atomic E-state index is 0.0689. The van der Waals surface area contributed by atoms with Gasteiger partial charge in [-0.3, -0.25) is 14.5 Å². The van der Waals surface area contributed by atoms with Crippen LogP contribution in [0.15, 0.2) is 77.7 Å². The van der Waals surface area contributed by atoms with Crippen molar-refractivity contribution < 1.29 is 27.9 Å². The third-order valence-electron chi connectivity index (χ3n) is 9.15. The van der Waals surface area contributed by atoms with Crippen molar-refractivity contribution in [2.45, 2.75) is 63.7 Å². The number of hydrogen-bond donors (Lipinski definition) is 3. The first-order chi connectivity index (χ1) is 24.6. The van der Waals surface area contributed by atoms with Gasteiger partial charge in [0, 0.05) is 20.1 Å². The first kappa shape index (κ1) is 38.7. The lowest BCUT2D eigenvalue weighted by molar-refractivity contribution is -0.129. The summed E-state index contributed by atoms with van der Waals surface area (Å²) in [4.78, 5) is 48.2. The molecule has 3 atom stereocenters. The molecule has 15 heteroatoms. The van der Waals surface area contributed by atoms with Crippen molar-refractivity contribution in [1.29, 1.82) is 0 Å². The average Bonchev–Trinajstić information content (AvgIpc) is 3.55. The number of aryl methyl sites for hydroxylation is 1. The van der Waals surface area contributed by atoms with E-state index in [0.29, 0.717) is 5.82 Å². The van der Waals surface area contributed by atoms with E-state index in [4.69, 9.17) is 17.3 Å². The number of urea groups is 1. The maximum Gasteiger partial charge on any atom is 0.328 e. The predicted molar refractivity (Wildman–Crippen MR) is 200 cm³/mol. The molecule has 0 unspecified atom stereocenters. The molecule has 5 rings (SSSR count). The molecule has 0 radical (unpaired) electrons. The van der Waals surface area contributed by atoms with Gasteiger partial charge >= 0.3 is 6.03 Å². The number of aliphatic hydroxyl groups is 1. The van der Waals surface area contributed by atoms with Gasteiger partial charge in [-0.2, -0.15) is 4.31 Å². The highest BCUT2D eigenvalue weighted by molar-refractivity contribution is 7.89. The number of sulfonamides is 1. The van der Waals surface area contributed by atoms with Crippen LogP contribution < -0.4 is 11.1 Å². The maximum absolute atomic E-state index is 14.2. The Bertz CT molecular complexity index is 2040. The Balaban J connectivity index is 1.39. The largest absolute Gasteiger partial charge is 0.397 e. The molecule has 1 aliphatic heterocycles. The molecule has 4 amide bonds. The molecule has 1 aliphatic rings. The van der Waals surface area contributed by atoms with Gasteiger partial charge in [0.2, 0.25) is 15.9 Å². The highest BCUT2D eigenvalue weighted by Gasteiger charge is 2.45. The molecule has 52 heavy (non-hydrogen) atoms. The van der Waals surface area contributed by atoms with E-state index < -0.39 is 52.0 Å². The molecule has 13 nitrogen and oxygen atoms in total. The molecule has 1 saturated heterocycles. The Kier molecular flexibility index (Phi) is 11.9. The van der Waals surface area contributed by atoms with E-state index in [1.807, 2.05) is 80.1 Å². The lowest BCUT2D eigenvalue weighted by Gasteiger charge is -2.34. The van der Waals surface area contributed by atoms with Crippen LogP contribution >= 0.6 is 11.6 Å². The molecule has 1 aromatic heterocycles. The van der Waals surface area contributed by atoms with Crippen LogP contribution in [0.4, 0.5) is 10.5 Å². The summed E-state index contributed by atoms with van der Waals surface area (Å²) in [6.07, 6.45) is -1.21. The van der Waals surface area contributed by atoms with Crippen LogP contribution in [-0.4, -0.2) is 92.8 Å². The van der Waals surface area contributed by atoms with Crippen LogP contribution in [0.5, 0.6) is 0 Å². The molecule has 1 fully saturated rings. The molecular weight excluding hydrogens is 706 g/mol. The number of fused-ring (bicyclic) bond motifs is 1. The van der Waals surface area contributed by atoms with Crippen LogP contribution in [0.3, 0.4) is 0 Å². The molecule has 278 valence electrons. The lowest BCUT2D eigenvalue weighted by atomic mass is 9.97. The fourth-order valence-electron chi connectivity index (χ4n) is 6.48. The Labute approximate surface area is 309 Å². The fourth-order valence-corrected chi connectivity index (χ4v) is 8.26. The standard InChI is InChI=1S/C37H46ClN7O6S/c1-23(2)19-43(52(50,51)26-15-16-27(38)28(39)18-26)20-32(46)30(17-25-11-7-6-8-12-25)41-36(48)35(24(3)4)45-22-34(47)44(37(45)49)21-33-40-29-13-9-10-14-31(29)42(33)5/h6-16,18,23-24,30,32,35,46H,17,19-22,39H2,1-5H3,(H,41,48)/t30-,32+,35-/m0/s1. The molecular formula is C37H46ClN7O6S. The van der Waals surface area contributed by atoms with Gasteiger partial charge in [-0.05, 0) is 54.2 Å². The second kappa shape index (κ2) is 16.0. The van der Waals surface area contributed by atoms with Crippen LogP contribution in [-0.2, 0) is 39.6 Å². The summed E-state index contributed by atoms with van der Waals surface area (Å²) in [5.74, 6) is -1.05. The van der Waals surface area contributed by atoms with Crippen molar-refractivity contribution in [3.05, 3.63) is 89.2 Å².